The summed E-state index contributed by atoms with van der Waals surface area (Å²) in [6, 6.07) is 10.2. The van der Waals surface area contributed by atoms with Gasteiger partial charge in [0.1, 0.15) is 12.4 Å². The molecule has 7 heteroatoms. The second-order valence-corrected chi connectivity index (χ2v) is 8.29. The predicted molar refractivity (Wildman–Crippen MR) is 114 cm³/mol. The van der Waals surface area contributed by atoms with Crippen LogP contribution in [0.1, 0.15) is 42.4 Å². The molecule has 3 rings (SSSR count). The monoisotopic (exact) mass is 412 g/mol. The molecule has 0 bridgehead atoms. The number of amides is 1. The first-order chi connectivity index (χ1) is 13.8. The fourth-order valence-corrected chi connectivity index (χ4v) is 3.23. The van der Waals surface area contributed by atoms with Crippen molar-refractivity contribution in [2.75, 3.05) is 12.4 Å². The van der Waals surface area contributed by atoms with E-state index in [-0.39, 0.29) is 17.1 Å². The van der Waals surface area contributed by atoms with Gasteiger partial charge in [-0.15, -0.1) is 11.3 Å². The van der Waals surface area contributed by atoms with Gasteiger partial charge >= 0.3 is 0 Å². The number of ether oxygens (including phenoxy) is 2. The molecular weight excluding hydrogens is 388 g/mol. The Balaban J connectivity index is 1.77. The first kappa shape index (κ1) is 20.7. The van der Waals surface area contributed by atoms with Crippen LogP contribution in [0, 0.1) is 0 Å². The van der Waals surface area contributed by atoms with Gasteiger partial charge in [-0.25, -0.2) is 4.98 Å². The molecule has 0 unspecified atom stereocenters. The zero-order valence-corrected chi connectivity index (χ0v) is 17.7. The first-order valence-electron chi connectivity index (χ1n) is 9.10. The fraction of sp³-hybridized carbons (Fsp3) is 0.273. The number of benzene rings is 2. The molecule has 0 fully saturated rings. The Morgan fingerprint density at radius 1 is 1.17 bits per heavy atom. The van der Waals surface area contributed by atoms with E-state index in [0.29, 0.717) is 29.4 Å². The first-order valence-corrected chi connectivity index (χ1v) is 10.0. The highest BCUT2D eigenvalue weighted by molar-refractivity contribution is 7.07. The van der Waals surface area contributed by atoms with Gasteiger partial charge in [0.2, 0.25) is 0 Å². The van der Waals surface area contributed by atoms with E-state index < -0.39 is 0 Å². The highest BCUT2D eigenvalue weighted by Gasteiger charge is 2.18. The number of hydrogen-bond acceptors (Lipinski definition) is 6. The maximum atomic E-state index is 12.7. The number of nitrogens with zero attached hydrogens (tertiary/aromatic N) is 1. The number of hydrogen-bond donors (Lipinski definition) is 2. The highest BCUT2D eigenvalue weighted by atomic mass is 32.1. The molecule has 152 valence electrons. The van der Waals surface area contributed by atoms with Gasteiger partial charge < -0.3 is 19.9 Å². The van der Waals surface area contributed by atoms with Crippen molar-refractivity contribution in [3.05, 3.63) is 64.1 Å². The van der Waals surface area contributed by atoms with Crippen molar-refractivity contribution in [2.24, 2.45) is 0 Å². The zero-order chi connectivity index (χ0) is 21.0. The van der Waals surface area contributed by atoms with Gasteiger partial charge in [-0.1, -0.05) is 26.8 Å². The van der Waals surface area contributed by atoms with Crippen LogP contribution in [0.5, 0.6) is 17.2 Å². The van der Waals surface area contributed by atoms with E-state index in [1.807, 2.05) is 11.4 Å². The van der Waals surface area contributed by atoms with Gasteiger partial charge in [-0.2, -0.15) is 0 Å². The molecule has 0 spiro atoms. The molecule has 2 aromatic carbocycles. The molecule has 0 aliphatic carbocycles. The van der Waals surface area contributed by atoms with E-state index in [1.165, 1.54) is 18.4 Å². The number of carbonyl (C=O) groups excluding carboxylic acids is 1. The quantitative estimate of drug-likeness (QED) is 0.558. The number of phenols is 1. The van der Waals surface area contributed by atoms with E-state index in [2.05, 4.69) is 31.1 Å². The summed E-state index contributed by atoms with van der Waals surface area (Å²) < 4.78 is 11.1. The van der Waals surface area contributed by atoms with Gasteiger partial charge in [0.15, 0.2) is 11.5 Å². The summed E-state index contributed by atoms with van der Waals surface area (Å²) in [5.74, 6) is 0.632. The second-order valence-electron chi connectivity index (χ2n) is 7.57. The lowest BCUT2D eigenvalue weighted by Gasteiger charge is -2.20. The SMILES string of the molecule is COc1cc(C(=O)Nc2cc(C(C)(C)C)ccc2O)ccc1OCc1cscn1. The fourth-order valence-electron chi connectivity index (χ4n) is 2.69. The van der Waals surface area contributed by atoms with Crippen molar-refractivity contribution in [3.63, 3.8) is 0 Å². The average molecular weight is 413 g/mol. The van der Waals surface area contributed by atoms with Crippen LogP contribution in [0.15, 0.2) is 47.3 Å². The Morgan fingerprint density at radius 2 is 1.97 bits per heavy atom. The van der Waals surface area contributed by atoms with Crippen LogP contribution >= 0.6 is 11.3 Å². The van der Waals surface area contributed by atoms with Crippen LogP contribution in [0.4, 0.5) is 5.69 Å². The lowest BCUT2D eigenvalue weighted by molar-refractivity contribution is 0.102. The van der Waals surface area contributed by atoms with Gasteiger partial charge in [0.25, 0.3) is 5.91 Å². The van der Waals surface area contributed by atoms with Crippen LogP contribution < -0.4 is 14.8 Å². The Labute approximate surface area is 174 Å². The van der Waals surface area contributed by atoms with E-state index in [4.69, 9.17) is 9.47 Å². The summed E-state index contributed by atoms with van der Waals surface area (Å²) in [4.78, 5) is 16.9. The molecular formula is C22H24N2O4S. The predicted octanol–water partition coefficient (Wildman–Crippen LogP) is 4.99. The number of methoxy groups -OCH3 is 1. The van der Waals surface area contributed by atoms with Crippen LogP contribution in [-0.4, -0.2) is 23.1 Å². The minimum atomic E-state index is -0.351. The van der Waals surface area contributed by atoms with Crippen LogP contribution in [0.2, 0.25) is 0 Å². The molecule has 0 saturated carbocycles. The summed E-state index contributed by atoms with van der Waals surface area (Å²) in [5, 5.41) is 14.8. The average Bonchev–Trinajstić information content (AvgIpc) is 3.20. The van der Waals surface area contributed by atoms with Gasteiger partial charge in [-0.05, 0) is 41.3 Å². The van der Waals surface area contributed by atoms with Crippen LogP contribution in [0.25, 0.3) is 0 Å². The third-order valence-electron chi connectivity index (χ3n) is 4.40. The van der Waals surface area contributed by atoms with Crippen molar-refractivity contribution in [3.8, 4) is 17.2 Å². The smallest absolute Gasteiger partial charge is 0.255 e. The molecule has 0 aliphatic heterocycles. The third kappa shape index (κ3) is 5.06. The maximum absolute atomic E-state index is 12.7. The van der Waals surface area contributed by atoms with Gasteiger partial charge in [-0.3, -0.25) is 4.79 Å². The molecule has 1 amide bonds. The van der Waals surface area contributed by atoms with Crippen molar-refractivity contribution >= 4 is 22.9 Å². The number of anilines is 1. The van der Waals surface area contributed by atoms with Crippen molar-refractivity contribution in [1.82, 2.24) is 4.98 Å². The minimum Gasteiger partial charge on any atom is -0.506 e. The van der Waals surface area contributed by atoms with E-state index in [9.17, 15) is 9.90 Å². The lowest BCUT2D eigenvalue weighted by atomic mass is 9.87. The molecule has 0 saturated heterocycles. The van der Waals surface area contributed by atoms with E-state index in [0.717, 1.165) is 11.3 Å². The summed E-state index contributed by atoms with van der Waals surface area (Å²) in [6.07, 6.45) is 0. The number of phenolic OH excluding ortho intramolecular Hbond substituents is 1. The van der Waals surface area contributed by atoms with Crippen molar-refractivity contribution < 1.29 is 19.4 Å². The van der Waals surface area contributed by atoms with E-state index >= 15 is 0 Å². The summed E-state index contributed by atoms with van der Waals surface area (Å²) in [6.45, 7) is 6.53. The number of aromatic nitrogens is 1. The number of thiazole rings is 1. The molecule has 1 heterocycles. The lowest BCUT2D eigenvalue weighted by Crippen LogP contribution is -2.15. The number of carbonyl (C=O) groups is 1. The molecule has 0 radical (unpaired) electrons. The third-order valence-corrected chi connectivity index (χ3v) is 5.03. The summed E-state index contributed by atoms with van der Waals surface area (Å²) in [7, 11) is 1.52. The Bertz CT molecular complexity index is 995. The zero-order valence-electron chi connectivity index (χ0n) is 16.9. The highest BCUT2D eigenvalue weighted by Crippen LogP contribution is 2.32. The molecule has 6 nitrogen and oxygen atoms in total. The molecule has 2 N–H and O–H groups in total. The van der Waals surface area contributed by atoms with Crippen LogP contribution in [0.3, 0.4) is 0 Å². The van der Waals surface area contributed by atoms with Crippen molar-refractivity contribution in [1.29, 1.82) is 0 Å². The van der Waals surface area contributed by atoms with Crippen LogP contribution in [-0.2, 0) is 12.0 Å². The summed E-state index contributed by atoms with van der Waals surface area (Å²) >= 11 is 1.50. The molecule has 0 atom stereocenters. The van der Waals surface area contributed by atoms with Gasteiger partial charge in [0.05, 0.1) is 24.0 Å². The number of aromatic hydroxyl groups is 1. The Hall–Kier alpha value is -3.06. The number of nitrogens with one attached hydrogen (secondary N) is 1. The summed E-state index contributed by atoms with van der Waals surface area (Å²) in [5.41, 5.74) is 4.23. The van der Waals surface area contributed by atoms with Gasteiger partial charge in [0, 0.05) is 10.9 Å². The second kappa shape index (κ2) is 8.53. The normalized spacial score (nSPS) is 11.2. The van der Waals surface area contributed by atoms with Crippen molar-refractivity contribution in [2.45, 2.75) is 32.8 Å². The molecule has 1 aromatic heterocycles. The molecule has 3 aromatic rings. The largest absolute Gasteiger partial charge is 0.506 e. The Morgan fingerprint density at radius 3 is 2.62 bits per heavy atom. The standard InChI is InChI=1S/C22H24N2O4S/c1-22(2,3)15-6-7-18(25)17(10-15)24-21(26)14-5-8-19(20(9-14)27-4)28-11-16-12-29-13-23-16/h5-10,12-13,25H,11H2,1-4H3,(H,24,26). The maximum Gasteiger partial charge on any atom is 0.255 e. The minimum absolute atomic E-state index is 0.0153. The number of rotatable bonds is 6. The topological polar surface area (TPSA) is 80.7 Å². The van der Waals surface area contributed by atoms with E-state index in [1.54, 1.807) is 35.8 Å². The molecule has 29 heavy (non-hydrogen) atoms. The Kier molecular flexibility index (Phi) is 6.08. The molecule has 0 aliphatic rings.